The summed E-state index contributed by atoms with van der Waals surface area (Å²) in [5.41, 5.74) is 0. The van der Waals surface area contributed by atoms with E-state index in [4.69, 9.17) is 23.7 Å². The smallest absolute Gasteiger partial charge is 0.187 e. The minimum Gasteiger partial charge on any atom is -0.394 e. The molecule has 0 amide bonds. The molecule has 0 unspecified atom stereocenters. The van der Waals surface area contributed by atoms with E-state index in [1.165, 1.54) is 6.92 Å². The molecule has 0 aliphatic carbocycles. The summed E-state index contributed by atoms with van der Waals surface area (Å²) in [5, 5.41) is 100.0. The maximum atomic E-state index is 10.7. The molecule has 0 saturated carbocycles. The van der Waals surface area contributed by atoms with Gasteiger partial charge in [0.2, 0.25) is 0 Å². The van der Waals surface area contributed by atoms with Gasteiger partial charge < -0.3 is 74.7 Å². The van der Waals surface area contributed by atoms with Crippen LogP contribution in [0.5, 0.6) is 0 Å². The molecule has 3 fully saturated rings. The Hall–Kier alpha value is -0.600. The van der Waals surface area contributed by atoms with Gasteiger partial charge in [-0.3, -0.25) is 0 Å². The summed E-state index contributed by atoms with van der Waals surface area (Å²) in [6.45, 7) is -0.0463. The van der Waals surface area contributed by atoms with E-state index in [1.54, 1.807) is 0 Å². The molecule has 33 heavy (non-hydrogen) atoms. The Labute approximate surface area is 187 Å². The SMILES string of the molecule is C[C@@H]1O[C@@H](O[C@@H]2[C@@H](O)[C@H](O)O[C@H](CO)[C@H]2O)[C@H](O)[C@H](O[C@@H]2O[C@H](CO)[C@@H](O)[C@H](O)[C@H]2O)[C@@H]1O. The van der Waals surface area contributed by atoms with Crippen LogP contribution < -0.4 is 0 Å². The van der Waals surface area contributed by atoms with Crippen LogP contribution in [-0.2, 0) is 23.7 Å². The number of ether oxygens (including phenoxy) is 5. The lowest BCUT2D eigenvalue weighted by Gasteiger charge is -2.47. The van der Waals surface area contributed by atoms with Gasteiger partial charge in [0, 0.05) is 0 Å². The Morgan fingerprint density at radius 3 is 1.64 bits per heavy atom. The Kier molecular flexibility index (Phi) is 8.99. The molecule has 15 nitrogen and oxygen atoms in total. The van der Waals surface area contributed by atoms with Gasteiger partial charge in [0.05, 0.1) is 19.3 Å². The Bertz CT molecular complexity index is 624. The van der Waals surface area contributed by atoms with E-state index in [2.05, 4.69) is 0 Å². The summed E-state index contributed by atoms with van der Waals surface area (Å²) in [5.74, 6) is 0. The first-order valence-electron chi connectivity index (χ1n) is 10.4. The Morgan fingerprint density at radius 2 is 1.06 bits per heavy atom. The van der Waals surface area contributed by atoms with Crippen LogP contribution in [0.15, 0.2) is 0 Å². The molecule has 0 aromatic carbocycles. The highest BCUT2D eigenvalue weighted by atomic mass is 16.7. The third-order valence-corrected chi connectivity index (χ3v) is 6.05. The molecule has 0 bridgehead atoms. The predicted molar refractivity (Wildman–Crippen MR) is 99.8 cm³/mol. The van der Waals surface area contributed by atoms with Crippen molar-refractivity contribution < 1.29 is 74.7 Å². The van der Waals surface area contributed by atoms with Crippen molar-refractivity contribution in [1.29, 1.82) is 0 Å². The second-order valence-corrected chi connectivity index (χ2v) is 8.32. The predicted octanol–water partition coefficient (Wildman–Crippen LogP) is -6.55. The van der Waals surface area contributed by atoms with Gasteiger partial charge in [-0.05, 0) is 6.92 Å². The maximum Gasteiger partial charge on any atom is 0.187 e. The minimum atomic E-state index is -1.82. The number of aliphatic hydroxyl groups is 10. The van der Waals surface area contributed by atoms with E-state index in [-0.39, 0.29) is 0 Å². The van der Waals surface area contributed by atoms with Crippen LogP contribution >= 0.6 is 0 Å². The van der Waals surface area contributed by atoms with Crippen molar-refractivity contribution in [1.82, 2.24) is 0 Å². The average molecular weight is 488 g/mol. The third-order valence-electron chi connectivity index (χ3n) is 6.05. The van der Waals surface area contributed by atoms with Crippen molar-refractivity contribution >= 4 is 0 Å². The van der Waals surface area contributed by atoms with Crippen molar-refractivity contribution in [3.63, 3.8) is 0 Å². The van der Waals surface area contributed by atoms with Crippen molar-refractivity contribution in [3.05, 3.63) is 0 Å². The molecule has 15 atom stereocenters. The summed E-state index contributed by atoms with van der Waals surface area (Å²) in [6.07, 6.45) is -23.9. The summed E-state index contributed by atoms with van der Waals surface area (Å²) >= 11 is 0. The normalized spacial score (nSPS) is 53.7. The Balaban J connectivity index is 1.75. The van der Waals surface area contributed by atoms with E-state index < -0.39 is 105 Å². The zero-order valence-electron chi connectivity index (χ0n) is 17.6. The highest BCUT2D eigenvalue weighted by Gasteiger charge is 2.52. The van der Waals surface area contributed by atoms with E-state index in [0.29, 0.717) is 0 Å². The molecule has 15 heteroatoms. The topological polar surface area (TPSA) is 248 Å². The monoisotopic (exact) mass is 488 g/mol. The van der Waals surface area contributed by atoms with Crippen molar-refractivity contribution in [2.45, 2.75) is 99.0 Å². The van der Waals surface area contributed by atoms with Crippen LogP contribution in [0.2, 0.25) is 0 Å². The second kappa shape index (κ2) is 11.0. The first-order chi connectivity index (χ1) is 15.5. The molecule has 3 aliphatic rings. The summed E-state index contributed by atoms with van der Waals surface area (Å²) < 4.78 is 26.4. The van der Waals surface area contributed by atoms with Gasteiger partial charge in [-0.25, -0.2) is 0 Å². The molecule has 3 heterocycles. The van der Waals surface area contributed by atoms with Crippen molar-refractivity contribution in [2.75, 3.05) is 13.2 Å². The number of rotatable bonds is 6. The molecule has 10 N–H and O–H groups in total. The van der Waals surface area contributed by atoms with Gasteiger partial charge in [0.25, 0.3) is 0 Å². The van der Waals surface area contributed by atoms with Crippen LogP contribution in [-0.4, -0.2) is 156 Å². The quantitative estimate of drug-likeness (QED) is 0.167. The highest BCUT2D eigenvalue weighted by molar-refractivity contribution is 4.95. The molecule has 0 aromatic heterocycles. The van der Waals surface area contributed by atoms with Crippen molar-refractivity contribution in [3.8, 4) is 0 Å². The molecule has 194 valence electrons. The highest BCUT2D eigenvalue weighted by Crippen LogP contribution is 2.32. The van der Waals surface area contributed by atoms with Crippen LogP contribution in [0.1, 0.15) is 6.92 Å². The molecule has 0 aromatic rings. The molecular formula is C18H32O15. The van der Waals surface area contributed by atoms with Crippen LogP contribution in [0.4, 0.5) is 0 Å². The lowest BCUT2D eigenvalue weighted by atomic mass is 9.96. The largest absolute Gasteiger partial charge is 0.394 e. The molecule has 3 saturated heterocycles. The summed E-state index contributed by atoms with van der Waals surface area (Å²) in [6, 6.07) is 0. The standard InChI is InChI=1S/C18H32O15/c1-4-7(21)14(32-17-11(25)10(24)8(22)5(2-19)31-17)13(27)18(29-4)33-15-9(23)6(3-20)30-16(28)12(15)26/h4-28H,2-3H2,1H3/t4-,5+,6+,7+,8+,9+,10-,11+,12+,13+,14+,15-,16+,17-,18-/m0/s1. The lowest BCUT2D eigenvalue weighted by Crippen LogP contribution is -2.66. The van der Waals surface area contributed by atoms with E-state index in [9.17, 15) is 51.1 Å². The minimum absolute atomic E-state index is 0.711. The fourth-order valence-electron chi connectivity index (χ4n) is 3.99. The van der Waals surface area contributed by atoms with Crippen LogP contribution in [0, 0.1) is 0 Å². The number of aliphatic hydroxyl groups excluding tert-OH is 10. The van der Waals surface area contributed by atoms with Gasteiger partial charge in [-0.2, -0.15) is 0 Å². The molecule has 3 aliphatic heterocycles. The summed E-state index contributed by atoms with van der Waals surface area (Å²) in [4.78, 5) is 0. The lowest BCUT2D eigenvalue weighted by molar-refractivity contribution is -0.376. The fraction of sp³-hybridized carbons (Fsp3) is 1.00. The number of hydrogen-bond donors (Lipinski definition) is 10. The first-order valence-corrected chi connectivity index (χ1v) is 10.4. The molecular weight excluding hydrogens is 456 g/mol. The molecule has 0 radical (unpaired) electrons. The van der Waals surface area contributed by atoms with E-state index in [0.717, 1.165) is 0 Å². The molecule has 3 rings (SSSR count). The van der Waals surface area contributed by atoms with Gasteiger partial charge in [0.1, 0.15) is 67.1 Å². The Morgan fingerprint density at radius 1 is 0.545 bits per heavy atom. The fourth-order valence-corrected chi connectivity index (χ4v) is 3.99. The van der Waals surface area contributed by atoms with Crippen molar-refractivity contribution in [2.24, 2.45) is 0 Å². The summed E-state index contributed by atoms with van der Waals surface area (Å²) in [7, 11) is 0. The number of hydrogen-bond acceptors (Lipinski definition) is 15. The van der Waals surface area contributed by atoms with Gasteiger partial charge in [-0.15, -0.1) is 0 Å². The third kappa shape index (κ3) is 5.32. The van der Waals surface area contributed by atoms with Gasteiger partial charge in [-0.1, -0.05) is 0 Å². The zero-order valence-corrected chi connectivity index (χ0v) is 17.6. The van der Waals surface area contributed by atoms with Gasteiger partial charge in [0.15, 0.2) is 18.9 Å². The van der Waals surface area contributed by atoms with Gasteiger partial charge >= 0.3 is 0 Å². The van der Waals surface area contributed by atoms with E-state index >= 15 is 0 Å². The zero-order chi connectivity index (χ0) is 24.6. The van der Waals surface area contributed by atoms with Crippen LogP contribution in [0.25, 0.3) is 0 Å². The molecule has 0 spiro atoms. The van der Waals surface area contributed by atoms with Crippen LogP contribution in [0.3, 0.4) is 0 Å². The average Bonchev–Trinajstić information content (AvgIpc) is 2.79. The maximum absolute atomic E-state index is 10.7. The second-order valence-electron chi connectivity index (χ2n) is 8.32. The first kappa shape index (κ1) is 27.0. The van der Waals surface area contributed by atoms with E-state index in [1.807, 2.05) is 0 Å².